The summed E-state index contributed by atoms with van der Waals surface area (Å²) in [7, 11) is -3.83. The smallest absolute Gasteiger partial charge is 0.257 e. The average Bonchev–Trinajstić information content (AvgIpc) is 3.09. The molecule has 1 atom stereocenters. The zero-order valence-corrected chi connectivity index (χ0v) is 16.0. The van der Waals surface area contributed by atoms with Gasteiger partial charge in [-0.15, -0.1) is 4.83 Å². The van der Waals surface area contributed by atoms with Crippen LogP contribution in [-0.4, -0.2) is 23.9 Å². The van der Waals surface area contributed by atoms with E-state index in [0.29, 0.717) is 5.92 Å². The van der Waals surface area contributed by atoms with Crippen molar-refractivity contribution in [3.05, 3.63) is 60.4 Å². The quantitative estimate of drug-likeness (QED) is 0.610. The maximum absolute atomic E-state index is 12.4. The number of amides is 1. The second-order valence-electron chi connectivity index (χ2n) is 6.39. The van der Waals surface area contributed by atoms with Crippen molar-refractivity contribution in [3.8, 4) is 0 Å². The average molecular weight is 386 g/mol. The molecule has 2 aromatic carbocycles. The van der Waals surface area contributed by atoms with Crippen molar-refractivity contribution in [2.24, 2.45) is 0 Å². The standard InChI is InChI=1S/C19H22N4O3S/c1-3-14(2)15-8-10-16(11-9-15)27(25,26)22-21-19(24)12-23-13-20-17-6-4-5-7-18(17)23/h4-11,13-14,22H,3,12H2,1-2H3,(H,21,24)/t14-/m0/s1. The number of nitrogens with zero attached hydrogens (tertiary/aromatic N) is 2. The molecule has 0 radical (unpaired) electrons. The summed E-state index contributed by atoms with van der Waals surface area (Å²) in [5, 5.41) is 0. The number of fused-ring (bicyclic) bond motifs is 1. The van der Waals surface area contributed by atoms with Crippen molar-refractivity contribution >= 4 is 27.0 Å². The number of carbonyl (C=O) groups excluding carboxylic acids is 1. The summed E-state index contributed by atoms with van der Waals surface area (Å²) in [4.78, 5) is 18.6. The molecule has 8 heteroatoms. The molecule has 1 amide bonds. The highest BCUT2D eigenvalue weighted by Gasteiger charge is 2.16. The first kappa shape index (κ1) is 19.1. The third-order valence-electron chi connectivity index (χ3n) is 4.54. The van der Waals surface area contributed by atoms with Gasteiger partial charge in [-0.1, -0.05) is 38.1 Å². The summed E-state index contributed by atoms with van der Waals surface area (Å²) in [6.07, 6.45) is 2.52. The Bertz CT molecular complexity index is 1040. The topological polar surface area (TPSA) is 93.1 Å². The molecule has 0 aliphatic heterocycles. The Balaban J connectivity index is 1.63. The van der Waals surface area contributed by atoms with Crippen molar-refractivity contribution in [1.29, 1.82) is 0 Å². The van der Waals surface area contributed by atoms with Gasteiger partial charge in [0.15, 0.2) is 0 Å². The largest absolute Gasteiger partial charge is 0.321 e. The number of rotatable bonds is 7. The van der Waals surface area contributed by atoms with Crippen molar-refractivity contribution < 1.29 is 13.2 Å². The number of aromatic nitrogens is 2. The molecule has 1 heterocycles. The number of carbonyl (C=O) groups is 1. The Morgan fingerprint density at radius 3 is 2.56 bits per heavy atom. The summed E-state index contributed by atoms with van der Waals surface area (Å²) in [6.45, 7) is 4.12. The molecule has 2 N–H and O–H groups in total. The van der Waals surface area contributed by atoms with E-state index in [-0.39, 0.29) is 11.4 Å². The van der Waals surface area contributed by atoms with Crippen LogP contribution in [0.3, 0.4) is 0 Å². The SMILES string of the molecule is CC[C@H](C)c1ccc(S(=O)(=O)NNC(=O)Cn2cnc3ccccc32)cc1. The van der Waals surface area contributed by atoms with Crippen molar-refractivity contribution in [1.82, 2.24) is 19.8 Å². The highest BCUT2D eigenvalue weighted by molar-refractivity contribution is 7.89. The van der Waals surface area contributed by atoms with E-state index in [1.807, 2.05) is 24.3 Å². The second-order valence-corrected chi connectivity index (χ2v) is 8.08. The van der Waals surface area contributed by atoms with E-state index in [9.17, 15) is 13.2 Å². The van der Waals surface area contributed by atoms with E-state index in [1.165, 1.54) is 0 Å². The Morgan fingerprint density at radius 1 is 1.15 bits per heavy atom. The first-order valence-electron chi connectivity index (χ1n) is 8.71. The molecule has 0 aliphatic rings. The monoisotopic (exact) mass is 386 g/mol. The summed E-state index contributed by atoms with van der Waals surface area (Å²) in [5.41, 5.74) is 4.90. The number of hydrogen-bond donors (Lipinski definition) is 2. The number of para-hydroxylation sites is 2. The van der Waals surface area contributed by atoms with E-state index >= 15 is 0 Å². The first-order chi connectivity index (χ1) is 12.9. The number of sulfonamides is 1. The minimum absolute atomic E-state index is 0.0456. The Labute approximate surface area is 158 Å². The lowest BCUT2D eigenvalue weighted by atomic mass is 9.99. The van der Waals surface area contributed by atoms with Gasteiger partial charge in [-0.3, -0.25) is 10.2 Å². The molecule has 0 fully saturated rings. The molecular formula is C19H22N4O3S. The van der Waals surface area contributed by atoms with Gasteiger partial charge in [0.1, 0.15) is 6.54 Å². The van der Waals surface area contributed by atoms with Crippen molar-refractivity contribution in [3.63, 3.8) is 0 Å². The molecule has 1 aromatic heterocycles. The van der Waals surface area contributed by atoms with Crippen LogP contribution in [0.25, 0.3) is 11.0 Å². The van der Waals surface area contributed by atoms with Crippen LogP contribution in [0.5, 0.6) is 0 Å². The molecule has 3 aromatic rings. The molecule has 0 unspecified atom stereocenters. The van der Waals surface area contributed by atoms with E-state index in [1.54, 1.807) is 35.2 Å². The van der Waals surface area contributed by atoms with Gasteiger partial charge in [0, 0.05) is 0 Å². The summed E-state index contributed by atoms with van der Waals surface area (Å²) in [5.74, 6) is -0.127. The molecule has 0 aliphatic carbocycles. The molecule has 0 bridgehead atoms. The molecule has 3 rings (SSSR count). The first-order valence-corrected chi connectivity index (χ1v) is 10.2. The Hall–Kier alpha value is -2.71. The predicted molar refractivity (Wildman–Crippen MR) is 103 cm³/mol. The number of hydrogen-bond acceptors (Lipinski definition) is 4. The number of hydrazine groups is 1. The summed E-state index contributed by atoms with van der Waals surface area (Å²) < 4.78 is 26.4. The van der Waals surface area contributed by atoms with Crippen LogP contribution >= 0.6 is 0 Å². The van der Waals surface area contributed by atoms with E-state index in [2.05, 4.69) is 29.1 Å². The predicted octanol–water partition coefficient (Wildman–Crippen LogP) is 2.56. The van der Waals surface area contributed by atoms with Gasteiger partial charge in [-0.05, 0) is 42.2 Å². The minimum Gasteiger partial charge on any atom is -0.321 e. The lowest BCUT2D eigenvalue weighted by Crippen LogP contribution is -2.43. The van der Waals surface area contributed by atoms with E-state index < -0.39 is 15.9 Å². The molecule has 0 saturated heterocycles. The molecule has 0 spiro atoms. The van der Waals surface area contributed by atoms with Gasteiger partial charge in [0.2, 0.25) is 0 Å². The highest BCUT2D eigenvalue weighted by atomic mass is 32.2. The van der Waals surface area contributed by atoms with Crippen LogP contribution in [0.15, 0.2) is 59.8 Å². The number of benzene rings is 2. The number of imidazole rings is 1. The van der Waals surface area contributed by atoms with E-state index in [0.717, 1.165) is 23.0 Å². The fourth-order valence-electron chi connectivity index (χ4n) is 2.72. The van der Waals surface area contributed by atoms with Crippen LogP contribution in [0, 0.1) is 0 Å². The molecule has 27 heavy (non-hydrogen) atoms. The third kappa shape index (κ3) is 4.35. The Morgan fingerprint density at radius 2 is 1.85 bits per heavy atom. The third-order valence-corrected chi connectivity index (χ3v) is 5.80. The van der Waals surface area contributed by atoms with Gasteiger partial charge < -0.3 is 4.57 Å². The van der Waals surface area contributed by atoms with Crippen molar-refractivity contribution in [2.75, 3.05) is 0 Å². The highest BCUT2D eigenvalue weighted by Crippen LogP contribution is 2.20. The van der Waals surface area contributed by atoms with Gasteiger partial charge in [-0.2, -0.15) is 0 Å². The zero-order valence-electron chi connectivity index (χ0n) is 15.2. The summed E-state index contributed by atoms with van der Waals surface area (Å²) in [6, 6.07) is 14.1. The molecule has 7 nitrogen and oxygen atoms in total. The van der Waals surface area contributed by atoms with Gasteiger partial charge in [0.05, 0.1) is 22.3 Å². The molecule has 0 saturated carbocycles. The van der Waals surface area contributed by atoms with Gasteiger partial charge >= 0.3 is 0 Å². The van der Waals surface area contributed by atoms with Crippen LogP contribution in [0.4, 0.5) is 0 Å². The van der Waals surface area contributed by atoms with Crippen LogP contribution in [0.1, 0.15) is 31.7 Å². The fourth-order valence-corrected chi connectivity index (χ4v) is 3.59. The zero-order chi connectivity index (χ0) is 19.4. The normalized spacial score (nSPS) is 12.8. The van der Waals surface area contributed by atoms with Crippen LogP contribution in [0.2, 0.25) is 0 Å². The van der Waals surface area contributed by atoms with Gasteiger partial charge in [-0.25, -0.2) is 13.4 Å². The lowest BCUT2D eigenvalue weighted by molar-refractivity contribution is -0.122. The van der Waals surface area contributed by atoms with Crippen LogP contribution < -0.4 is 10.3 Å². The summed E-state index contributed by atoms with van der Waals surface area (Å²) >= 11 is 0. The maximum Gasteiger partial charge on any atom is 0.257 e. The second kappa shape index (κ2) is 7.89. The van der Waals surface area contributed by atoms with Crippen molar-refractivity contribution in [2.45, 2.75) is 37.6 Å². The maximum atomic E-state index is 12.4. The molecule has 142 valence electrons. The fraction of sp³-hybridized carbons (Fsp3) is 0.263. The molecular weight excluding hydrogens is 364 g/mol. The van der Waals surface area contributed by atoms with Crippen LogP contribution in [-0.2, 0) is 21.4 Å². The minimum atomic E-state index is -3.83. The lowest BCUT2D eigenvalue weighted by Gasteiger charge is -2.11. The Kier molecular flexibility index (Phi) is 5.57. The van der Waals surface area contributed by atoms with E-state index in [4.69, 9.17) is 0 Å². The number of nitrogens with one attached hydrogen (secondary N) is 2. The van der Waals surface area contributed by atoms with Gasteiger partial charge in [0.25, 0.3) is 15.9 Å².